The quantitative estimate of drug-likeness (QED) is 0.744. The van der Waals surface area contributed by atoms with Crippen molar-refractivity contribution in [3.8, 4) is 0 Å². The number of allylic oxidation sites excluding steroid dienone is 1. The lowest BCUT2D eigenvalue weighted by molar-refractivity contribution is -0.123. The molecule has 0 saturated carbocycles. The summed E-state index contributed by atoms with van der Waals surface area (Å²) in [6.07, 6.45) is 8.57. The highest BCUT2D eigenvalue weighted by Crippen LogP contribution is 2.22. The van der Waals surface area contributed by atoms with Crippen LogP contribution >= 0.6 is 0 Å². The summed E-state index contributed by atoms with van der Waals surface area (Å²) in [5.74, 6) is -0.0508. The molecule has 0 spiro atoms. The van der Waals surface area contributed by atoms with E-state index in [1.165, 1.54) is 11.0 Å². The van der Waals surface area contributed by atoms with E-state index >= 15 is 0 Å². The van der Waals surface area contributed by atoms with E-state index in [-0.39, 0.29) is 18.0 Å². The molecular weight excluding hydrogens is 206 g/mol. The first kappa shape index (κ1) is 10.8. The van der Waals surface area contributed by atoms with Crippen LogP contribution in [0, 0.1) is 0 Å². The number of hydrogen-bond donors (Lipinski definition) is 1. The highest BCUT2D eigenvalue weighted by molar-refractivity contribution is 5.76. The van der Waals surface area contributed by atoms with Crippen LogP contribution in [0.4, 0.5) is 0 Å². The molecule has 0 bridgehead atoms. The lowest BCUT2D eigenvalue weighted by atomic mass is 9.87. The third-order valence-electron chi connectivity index (χ3n) is 2.74. The fraction of sp³-hybridized carbons (Fsp3) is 0.600. The van der Waals surface area contributed by atoms with E-state index in [4.69, 9.17) is 0 Å². The largest absolute Gasteiger partial charge is 0.349 e. The summed E-state index contributed by atoms with van der Waals surface area (Å²) in [6, 6.07) is 0. The van der Waals surface area contributed by atoms with Crippen LogP contribution in [0.3, 0.4) is 0 Å². The van der Waals surface area contributed by atoms with E-state index in [2.05, 4.69) is 39.9 Å². The van der Waals surface area contributed by atoms with Crippen LogP contribution in [0.15, 0.2) is 18.5 Å². The molecule has 6 nitrogen and oxygen atoms in total. The summed E-state index contributed by atoms with van der Waals surface area (Å²) < 4.78 is 1.41. The van der Waals surface area contributed by atoms with Crippen molar-refractivity contribution in [3.63, 3.8) is 0 Å². The second-order valence-corrected chi connectivity index (χ2v) is 4.33. The van der Waals surface area contributed by atoms with Crippen LogP contribution in [0.25, 0.3) is 0 Å². The second-order valence-electron chi connectivity index (χ2n) is 4.33. The van der Waals surface area contributed by atoms with Gasteiger partial charge in [0.1, 0.15) is 12.9 Å². The summed E-state index contributed by atoms with van der Waals surface area (Å²) in [5.41, 5.74) is -0.125. The van der Waals surface area contributed by atoms with Crippen molar-refractivity contribution in [1.29, 1.82) is 0 Å². The monoisotopic (exact) mass is 221 g/mol. The van der Waals surface area contributed by atoms with Crippen LogP contribution in [-0.2, 0) is 11.3 Å². The number of carbonyl (C=O) groups excluding carboxylic acids is 1. The SMILES string of the molecule is CC1(NC(=O)Cn2cnnn2)CC=CCC1. The van der Waals surface area contributed by atoms with E-state index in [9.17, 15) is 4.79 Å². The molecule has 1 amide bonds. The maximum atomic E-state index is 11.7. The van der Waals surface area contributed by atoms with Crippen molar-refractivity contribution < 1.29 is 4.79 Å². The molecule has 16 heavy (non-hydrogen) atoms. The lowest BCUT2D eigenvalue weighted by Gasteiger charge is -2.31. The normalized spacial score (nSPS) is 24.3. The number of tetrazole rings is 1. The second kappa shape index (κ2) is 4.42. The maximum Gasteiger partial charge on any atom is 0.242 e. The number of nitrogens with zero attached hydrogens (tertiary/aromatic N) is 4. The van der Waals surface area contributed by atoms with E-state index in [0.29, 0.717) is 0 Å². The van der Waals surface area contributed by atoms with Crippen molar-refractivity contribution in [2.75, 3.05) is 0 Å². The molecule has 0 radical (unpaired) electrons. The Balaban J connectivity index is 1.89. The van der Waals surface area contributed by atoms with Crippen LogP contribution in [0.5, 0.6) is 0 Å². The zero-order valence-corrected chi connectivity index (χ0v) is 9.26. The average Bonchev–Trinajstić information content (AvgIpc) is 2.70. The standard InChI is InChI=1S/C10H15N5O/c1-10(5-3-2-4-6-10)12-9(16)7-15-8-11-13-14-15/h2-3,8H,4-7H2,1H3,(H,12,16). The molecule has 1 aliphatic rings. The molecule has 1 aromatic rings. The smallest absolute Gasteiger partial charge is 0.242 e. The number of amides is 1. The minimum atomic E-state index is -0.125. The molecule has 6 heteroatoms. The van der Waals surface area contributed by atoms with E-state index < -0.39 is 0 Å². The zero-order valence-electron chi connectivity index (χ0n) is 9.26. The van der Waals surface area contributed by atoms with Gasteiger partial charge in [0.15, 0.2) is 0 Å². The highest BCUT2D eigenvalue weighted by atomic mass is 16.2. The van der Waals surface area contributed by atoms with Crippen molar-refractivity contribution in [2.45, 2.75) is 38.3 Å². The minimum Gasteiger partial charge on any atom is -0.349 e. The summed E-state index contributed by atoms with van der Waals surface area (Å²) >= 11 is 0. The average molecular weight is 221 g/mol. The van der Waals surface area contributed by atoms with Crippen LogP contribution < -0.4 is 5.32 Å². The molecule has 1 aliphatic carbocycles. The van der Waals surface area contributed by atoms with Gasteiger partial charge in [-0.15, -0.1) is 5.10 Å². The third kappa shape index (κ3) is 2.65. The summed E-state index contributed by atoms with van der Waals surface area (Å²) in [4.78, 5) is 11.7. The van der Waals surface area contributed by atoms with Gasteiger partial charge in [-0.2, -0.15) is 0 Å². The van der Waals surface area contributed by atoms with Gasteiger partial charge in [0.05, 0.1) is 0 Å². The molecule has 1 heterocycles. The van der Waals surface area contributed by atoms with Gasteiger partial charge in [0.25, 0.3) is 0 Å². The highest BCUT2D eigenvalue weighted by Gasteiger charge is 2.26. The molecule has 0 aromatic carbocycles. The Labute approximate surface area is 93.7 Å². The Bertz CT molecular complexity index is 386. The molecule has 0 aliphatic heterocycles. The van der Waals surface area contributed by atoms with Gasteiger partial charge in [-0.25, -0.2) is 4.68 Å². The van der Waals surface area contributed by atoms with E-state index in [0.717, 1.165) is 19.3 Å². The molecule has 1 aromatic heterocycles. The fourth-order valence-electron chi connectivity index (χ4n) is 1.85. The predicted octanol–water partition coefficient (Wildman–Crippen LogP) is 0.288. The first-order chi connectivity index (χ1) is 7.68. The van der Waals surface area contributed by atoms with Gasteiger partial charge in [0, 0.05) is 5.54 Å². The molecule has 1 N–H and O–H groups in total. The fourth-order valence-corrected chi connectivity index (χ4v) is 1.85. The molecule has 1 unspecified atom stereocenters. The van der Waals surface area contributed by atoms with Crippen LogP contribution in [0.2, 0.25) is 0 Å². The van der Waals surface area contributed by atoms with Crippen molar-refractivity contribution in [3.05, 3.63) is 18.5 Å². The Kier molecular flexibility index (Phi) is 2.98. The topological polar surface area (TPSA) is 72.7 Å². The molecule has 86 valence electrons. The molecule has 1 atom stereocenters. The van der Waals surface area contributed by atoms with Gasteiger partial charge in [0.2, 0.25) is 5.91 Å². The first-order valence-corrected chi connectivity index (χ1v) is 5.35. The van der Waals surface area contributed by atoms with Crippen LogP contribution in [0.1, 0.15) is 26.2 Å². The zero-order chi connectivity index (χ0) is 11.4. The lowest BCUT2D eigenvalue weighted by Crippen LogP contribution is -2.47. The van der Waals surface area contributed by atoms with Crippen molar-refractivity contribution >= 4 is 5.91 Å². The van der Waals surface area contributed by atoms with E-state index in [1.54, 1.807) is 0 Å². The minimum absolute atomic E-state index is 0.0508. The Morgan fingerprint density at radius 3 is 3.06 bits per heavy atom. The third-order valence-corrected chi connectivity index (χ3v) is 2.74. The van der Waals surface area contributed by atoms with Gasteiger partial charge >= 0.3 is 0 Å². The Hall–Kier alpha value is -1.72. The number of rotatable bonds is 3. The number of aromatic nitrogens is 4. The summed E-state index contributed by atoms with van der Waals surface area (Å²) in [6.45, 7) is 2.24. The van der Waals surface area contributed by atoms with Gasteiger partial charge < -0.3 is 5.32 Å². The molecule has 0 fully saturated rings. The molecular formula is C10H15N5O. The number of hydrogen-bond acceptors (Lipinski definition) is 4. The Morgan fingerprint density at radius 1 is 1.56 bits per heavy atom. The Morgan fingerprint density at radius 2 is 2.44 bits per heavy atom. The van der Waals surface area contributed by atoms with Crippen molar-refractivity contribution in [2.24, 2.45) is 0 Å². The van der Waals surface area contributed by atoms with E-state index in [1.807, 2.05) is 0 Å². The summed E-state index contributed by atoms with van der Waals surface area (Å²) in [7, 11) is 0. The predicted molar refractivity (Wildman–Crippen MR) is 57.4 cm³/mol. The number of nitrogens with one attached hydrogen (secondary N) is 1. The first-order valence-electron chi connectivity index (χ1n) is 5.35. The maximum absolute atomic E-state index is 11.7. The van der Waals surface area contributed by atoms with Gasteiger partial charge in [-0.05, 0) is 36.6 Å². The molecule has 0 saturated heterocycles. The van der Waals surface area contributed by atoms with Crippen molar-refractivity contribution in [1.82, 2.24) is 25.5 Å². The summed E-state index contributed by atoms with van der Waals surface area (Å²) in [5, 5.41) is 13.6. The van der Waals surface area contributed by atoms with Gasteiger partial charge in [-0.1, -0.05) is 12.2 Å². The molecule has 2 rings (SSSR count). The number of carbonyl (C=O) groups is 1. The van der Waals surface area contributed by atoms with Crippen LogP contribution in [-0.4, -0.2) is 31.7 Å². The van der Waals surface area contributed by atoms with Gasteiger partial charge in [-0.3, -0.25) is 4.79 Å².